The average Bonchev–Trinajstić information content (AvgIpc) is 3.32. The molecule has 0 unspecified atom stereocenters. The molecule has 4 rings (SSSR count). The van der Waals surface area contributed by atoms with Gasteiger partial charge in [-0.2, -0.15) is 0 Å². The number of hydrogen-bond donors (Lipinski definition) is 4. The van der Waals surface area contributed by atoms with E-state index in [9.17, 15) is 29.1 Å². The van der Waals surface area contributed by atoms with Gasteiger partial charge in [0.2, 0.25) is 0 Å². The fraction of sp³-hybridized carbons (Fsp3) is 0.567. The highest BCUT2D eigenvalue weighted by molar-refractivity contribution is 5.90. The van der Waals surface area contributed by atoms with Gasteiger partial charge in [0.25, 0.3) is 5.91 Å². The minimum absolute atomic E-state index is 0.185. The summed E-state index contributed by atoms with van der Waals surface area (Å²) >= 11 is 0. The predicted molar refractivity (Wildman–Crippen MR) is 151 cm³/mol. The van der Waals surface area contributed by atoms with E-state index in [2.05, 4.69) is 4.90 Å². The Balaban J connectivity index is 1.45. The number of carboxylic acids is 2. The number of hydrogen-bond acceptors (Lipinski definition) is 11. The van der Waals surface area contributed by atoms with Crippen LogP contribution in [-0.2, 0) is 38.9 Å². The molecule has 0 bridgehead atoms. The molecule has 1 aliphatic carbocycles. The number of fused-ring (bicyclic) bond motifs is 1. The summed E-state index contributed by atoms with van der Waals surface area (Å²) in [6, 6.07) is 1.74. The second-order valence-electron chi connectivity index (χ2n) is 11.5. The number of carbonyl (C=O) groups is 5. The topological polar surface area (TPSA) is 198 Å². The molecular formula is C30H38N2O12. The summed E-state index contributed by atoms with van der Waals surface area (Å²) in [5, 5.41) is 32.2. The first-order chi connectivity index (χ1) is 20.7. The van der Waals surface area contributed by atoms with Gasteiger partial charge in [-0.1, -0.05) is 6.07 Å². The summed E-state index contributed by atoms with van der Waals surface area (Å²) in [5.74, 6) is -4.49. The van der Waals surface area contributed by atoms with E-state index >= 15 is 0 Å². The second-order valence-corrected chi connectivity index (χ2v) is 11.5. The zero-order chi connectivity index (χ0) is 32.6. The van der Waals surface area contributed by atoms with Crippen LogP contribution in [0.3, 0.4) is 0 Å². The Hall–Kier alpha value is -4.17. The zero-order valence-electron chi connectivity index (χ0n) is 25.2. The van der Waals surface area contributed by atoms with Gasteiger partial charge >= 0.3 is 23.9 Å². The maximum atomic E-state index is 12.9. The SMILES string of the molecule is COc1ccc(C)c2c1O[C@H]1C(OC(=O)CCC(=O)O[C@@H](C)C(=O)N[C@H](CC(=O)O)C(=O)O)=CC[C@@]3(O)[C@@H](C)N(C)CC[C@]213. The van der Waals surface area contributed by atoms with E-state index < -0.39 is 78.3 Å². The summed E-state index contributed by atoms with van der Waals surface area (Å²) in [7, 11) is 3.47. The van der Waals surface area contributed by atoms with Crippen LogP contribution in [0, 0.1) is 6.92 Å². The molecule has 1 spiro atoms. The van der Waals surface area contributed by atoms with Crippen molar-refractivity contribution in [2.24, 2.45) is 0 Å². The molecule has 6 atom stereocenters. The van der Waals surface area contributed by atoms with E-state index in [1.54, 1.807) is 12.1 Å². The number of carboxylic acid groups (broad SMARTS) is 2. The van der Waals surface area contributed by atoms with Gasteiger partial charge in [0.15, 0.2) is 23.7 Å². The third-order valence-corrected chi connectivity index (χ3v) is 8.97. The fourth-order valence-electron chi connectivity index (χ4n) is 6.52. The number of nitrogens with one attached hydrogen (secondary N) is 1. The monoisotopic (exact) mass is 618 g/mol. The van der Waals surface area contributed by atoms with Crippen molar-refractivity contribution >= 4 is 29.8 Å². The summed E-state index contributed by atoms with van der Waals surface area (Å²) in [5.41, 5.74) is -0.471. The highest BCUT2D eigenvalue weighted by Crippen LogP contribution is 2.62. The Kier molecular flexibility index (Phi) is 9.26. The summed E-state index contributed by atoms with van der Waals surface area (Å²) < 4.78 is 22.8. The number of amides is 1. The fourth-order valence-corrected chi connectivity index (χ4v) is 6.52. The van der Waals surface area contributed by atoms with Crippen LogP contribution < -0.4 is 14.8 Å². The normalized spacial score (nSPS) is 26.8. The van der Waals surface area contributed by atoms with Gasteiger partial charge in [0, 0.05) is 18.0 Å². The van der Waals surface area contributed by atoms with Gasteiger partial charge < -0.3 is 44.5 Å². The molecule has 1 fully saturated rings. The number of aliphatic hydroxyl groups is 1. The molecule has 44 heavy (non-hydrogen) atoms. The van der Waals surface area contributed by atoms with Gasteiger partial charge in [-0.25, -0.2) is 4.79 Å². The molecule has 14 nitrogen and oxygen atoms in total. The quantitative estimate of drug-likeness (QED) is 0.257. The van der Waals surface area contributed by atoms with Crippen molar-refractivity contribution in [1.29, 1.82) is 0 Å². The number of ether oxygens (including phenoxy) is 4. The Bertz CT molecular complexity index is 1390. The van der Waals surface area contributed by atoms with Gasteiger partial charge in [0.1, 0.15) is 11.8 Å². The third-order valence-electron chi connectivity index (χ3n) is 8.97. The minimum Gasteiger partial charge on any atom is -0.493 e. The van der Waals surface area contributed by atoms with Crippen molar-refractivity contribution in [3.8, 4) is 11.5 Å². The van der Waals surface area contributed by atoms with Crippen molar-refractivity contribution in [3.63, 3.8) is 0 Å². The summed E-state index contributed by atoms with van der Waals surface area (Å²) in [4.78, 5) is 61.7. The summed E-state index contributed by atoms with van der Waals surface area (Å²) in [6.07, 6.45) is -1.64. The Morgan fingerprint density at radius 1 is 1.16 bits per heavy atom. The van der Waals surface area contributed by atoms with Crippen molar-refractivity contribution in [2.75, 3.05) is 20.7 Å². The lowest BCUT2D eigenvalue weighted by atomic mass is 9.54. The number of nitrogens with zero attached hydrogens (tertiary/aromatic N) is 1. The minimum atomic E-state index is -1.71. The third kappa shape index (κ3) is 5.71. The van der Waals surface area contributed by atoms with Crippen molar-refractivity contribution in [1.82, 2.24) is 10.2 Å². The number of carbonyl (C=O) groups excluding carboxylic acids is 3. The van der Waals surface area contributed by atoms with Gasteiger partial charge in [-0.05, 0) is 58.5 Å². The first kappa shape index (κ1) is 32.7. The van der Waals surface area contributed by atoms with Crippen molar-refractivity contribution < 1.29 is 58.2 Å². The number of rotatable bonds is 11. The first-order valence-corrected chi connectivity index (χ1v) is 14.3. The number of aliphatic carboxylic acids is 2. The molecule has 240 valence electrons. The van der Waals surface area contributed by atoms with Crippen molar-refractivity contribution in [3.05, 3.63) is 35.1 Å². The van der Waals surface area contributed by atoms with Gasteiger partial charge in [-0.15, -0.1) is 0 Å². The van der Waals surface area contributed by atoms with E-state index in [0.717, 1.165) is 11.1 Å². The van der Waals surface area contributed by atoms with Crippen LogP contribution in [0.25, 0.3) is 0 Å². The number of benzene rings is 1. The lowest BCUT2D eigenvalue weighted by Crippen LogP contribution is -2.71. The average molecular weight is 619 g/mol. The molecule has 1 aromatic rings. The Labute approximate surface area is 253 Å². The van der Waals surface area contributed by atoms with Crippen LogP contribution in [0.15, 0.2) is 24.0 Å². The molecule has 1 aromatic carbocycles. The zero-order valence-corrected chi connectivity index (χ0v) is 25.2. The standard InChI is InChI=1S/C30H38N2O12/c1-15-6-7-19(41-5)25-24(15)29-12-13-32(4)17(3)30(29,40)11-10-20(26(29)44-25)43-23(36)9-8-22(35)42-16(2)27(37)31-18(28(38)39)14-21(33)34/h6-7,10,16-18,26,40H,8-9,11-14H2,1-5H3,(H,31,37)(H,33,34)(H,38,39)/t16-,17+,18+,26-,29-,30+/m0/s1. The molecule has 14 heteroatoms. The largest absolute Gasteiger partial charge is 0.493 e. The van der Waals surface area contributed by atoms with Gasteiger partial charge in [0.05, 0.1) is 37.4 Å². The highest BCUT2D eigenvalue weighted by atomic mass is 16.6. The Morgan fingerprint density at radius 3 is 2.48 bits per heavy atom. The van der Waals surface area contributed by atoms with Crippen LogP contribution >= 0.6 is 0 Å². The van der Waals surface area contributed by atoms with E-state index in [4.69, 9.17) is 29.2 Å². The molecular weight excluding hydrogens is 580 g/mol. The molecule has 0 saturated carbocycles. The number of esters is 2. The smallest absolute Gasteiger partial charge is 0.326 e. The van der Waals surface area contributed by atoms with E-state index in [-0.39, 0.29) is 18.2 Å². The molecule has 4 N–H and O–H groups in total. The van der Waals surface area contributed by atoms with Crippen LogP contribution in [0.5, 0.6) is 11.5 Å². The number of aryl methyl sites for hydroxylation is 1. The van der Waals surface area contributed by atoms with Crippen LogP contribution in [-0.4, -0.2) is 101 Å². The molecule has 2 heterocycles. The number of likely N-dealkylation sites (N-methyl/N-ethyl adjacent to an activating group) is 1. The van der Waals surface area contributed by atoms with E-state index in [1.165, 1.54) is 14.0 Å². The molecule has 0 aromatic heterocycles. The molecule has 2 aliphatic heterocycles. The molecule has 1 amide bonds. The molecule has 1 saturated heterocycles. The second kappa shape index (κ2) is 12.4. The van der Waals surface area contributed by atoms with Crippen LogP contribution in [0.1, 0.15) is 57.1 Å². The van der Waals surface area contributed by atoms with E-state index in [1.807, 2.05) is 32.3 Å². The maximum Gasteiger partial charge on any atom is 0.326 e. The predicted octanol–water partition coefficient (Wildman–Crippen LogP) is 1.04. The lowest BCUT2D eigenvalue weighted by molar-refractivity contribution is -0.163. The Morgan fingerprint density at radius 2 is 1.84 bits per heavy atom. The molecule has 0 radical (unpaired) electrons. The lowest BCUT2D eigenvalue weighted by Gasteiger charge is -2.58. The van der Waals surface area contributed by atoms with Gasteiger partial charge in [-0.3, -0.25) is 19.2 Å². The van der Waals surface area contributed by atoms with Crippen molar-refractivity contribution in [2.45, 2.75) is 88.2 Å². The van der Waals surface area contributed by atoms with E-state index in [0.29, 0.717) is 24.5 Å². The number of piperidine rings is 1. The first-order valence-electron chi connectivity index (χ1n) is 14.3. The number of likely N-dealkylation sites (tertiary alicyclic amines) is 1. The maximum absolute atomic E-state index is 12.9. The number of methoxy groups -OCH3 is 1. The highest BCUT2D eigenvalue weighted by Gasteiger charge is 2.69. The summed E-state index contributed by atoms with van der Waals surface area (Å²) in [6.45, 7) is 5.73. The van der Waals surface area contributed by atoms with Crippen LogP contribution in [0.2, 0.25) is 0 Å². The molecule has 3 aliphatic rings. The van der Waals surface area contributed by atoms with Crippen LogP contribution in [0.4, 0.5) is 0 Å².